The fourth-order valence-corrected chi connectivity index (χ4v) is 7.21. The van der Waals surface area contributed by atoms with Crippen LogP contribution < -0.4 is 0 Å². The molecule has 0 aliphatic carbocycles. The molecule has 0 bridgehead atoms. The number of benzene rings is 1. The summed E-state index contributed by atoms with van der Waals surface area (Å²) < 4.78 is 2.19. The van der Waals surface area contributed by atoms with Crippen molar-refractivity contribution in [2.75, 3.05) is 19.6 Å². The average Bonchev–Trinajstić information content (AvgIpc) is 3.24. The lowest BCUT2D eigenvalue weighted by atomic mass is 9.67. The second-order valence-electron chi connectivity index (χ2n) is 10.1. The topological polar surface area (TPSA) is 28.5 Å². The van der Waals surface area contributed by atoms with Gasteiger partial charge in [0.05, 0.1) is 0 Å². The van der Waals surface area contributed by atoms with Crippen LogP contribution in [0.4, 0.5) is 0 Å². The van der Waals surface area contributed by atoms with Gasteiger partial charge in [0.1, 0.15) is 0 Å². The van der Waals surface area contributed by atoms with E-state index in [2.05, 4.69) is 44.8 Å². The summed E-state index contributed by atoms with van der Waals surface area (Å²) in [6.45, 7) is 4.21. The molecule has 5 heteroatoms. The molecule has 5 heterocycles. The molecule has 0 unspecified atom stereocenters. The Bertz CT molecular complexity index is 1040. The Kier molecular flexibility index (Phi) is 5.39. The van der Waals surface area contributed by atoms with Crippen LogP contribution in [0.3, 0.4) is 0 Å². The molecular weight excluding hydrogens is 418 g/mol. The zero-order chi connectivity index (χ0) is 21.7. The van der Waals surface area contributed by atoms with Crippen LogP contribution in [0.2, 0.25) is 5.02 Å². The van der Waals surface area contributed by atoms with Crippen molar-refractivity contribution in [3.05, 3.63) is 64.4 Å². The Morgan fingerprint density at radius 3 is 2.75 bits per heavy atom. The van der Waals surface area contributed by atoms with E-state index in [4.69, 9.17) is 11.6 Å². The van der Waals surface area contributed by atoms with Gasteiger partial charge >= 0.3 is 0 Å². The molecule has 4 aliphatic heterocycles. The molecule has 2 aromatic rings. The number of hydrogen-bond donors (Lipinski definition) is 0. The Labute approximate surface area is 195 Å². The lowest BCUT2D eigenvalue weighted by molar-refractivity contribution is -0.145. The third-order valence-corrected chi connectivity index (χ3v) is 8.77. The van der Waals surface area contributed by atoms with Crippen molar-refractivity contribution < 1.29 is 4.79 Å². The average molecular weight is 450 g/mol. The summed E-state index contributed by atoms with van der Waals surface area (Å²) in [7, 11) is 0. The van der Waals surface area contributed by atoms with Crippen LogP contribution in [0, 0.1) is 11.8 Å². The summed E-state index contributed by atoms with van der Waals surface area (Å²) >= 11 is 6.39. The second-order valence-corrected chi connectivity index (χ2v) is 10.5. The summed E-state index contributed by atoms with van der Waals surface area (Å²) in [5.41, 5.74) is 3.16. The maximum atomic E-state index is 13.7. The lowest BCUT2D eigenvalue weighted by Crippen LogP contribution is -2.66. The quantitative estimate of drug-likeness (QED) is 0.612. The highest BCUT2D eigenvalue weighted by molar-refractivity contribution is 6.31. The van der Waals surface area contributed by atoms with Gasteiger partial charge in [0.25, 0.3) is 0 Å². The fraction of sp³-hybridized carbons (Fsp3) is 0.519. The molecule has 6 rings (SSSR count). The first-order chi connectivity index (χ1) is 15.7. The third kappa shape index (κ3) is 3.52. The molecule has 4 atom stereocenters. The number of carbonyl (C=O) groups excluding carboxylic acids is 1. The predicted molar refractivity (Wildman–Crippen MR) is 129 cm³/mol. The van der Waals surface area contributed by atoms with Crippen LogP contribution in [-0.2, 0) is 11.3 Å². The number of hydrogen-bond acceptors (Lipinski definition) is 2. The van der Waals surface area contributed by atoms with E-state index in [0.717, 1.165) is 47.3 Å². The highest BCUT2D eigenvalue weighted by atomic mass is 35.5. The number of amides is 1. The summed E-state index contributed by atoms with van der Waals surface area (Å²) in [6, 6.07) is 13.3. The van der Waals surface area contributed by atoms with Gasteiger partial charge in [0, 0.05) is 47.7 Å². The van der Waals surface area contributed by atoms with E-state index in [9.17, 15) is 4.79 Å². The zero-order valence-electron chi connectivity index (χ0n) is 18.6. The van der Waals surface area contributed by atoms with Gasteiger partial charge in [-0.05, 0) is 93.3 Å². The number of fused-ring (bicyclic) bond motifs is 2. The van der Waals surface area contributed by atoms with Gasteiger partial charge in [0.15, 0.2) is 0 Å². The minimum atomic E-state index is 0.285. The standard InChI is InChI=1S/C27H32ClN3O/c28-24-10-2-1-6-20(24)17-30-15-4-8-22(30)16-19-11-12-25-23-9-5-14-29-13-3-7-21(26(23)29)18-31(25)27(19)32/h1-2,4,6,8,10,15-16,21,23,25-26H,3,5,7,9,11-14,17-18H2/b19-16+/t21-,23-,25-,26+/m1/s1. The molecule has 4 aliphatic rings. The number of carbonyl (C=O) groups is 1. The smallest absolute Gasteiger partial charge is 0.250 e. The summed E-state index contributed by atoms with van der Waals surface area (Å²) in [5.74, 6) is 1.63. The lowest BCUT2D eigenvalue weighted by Gasteiger charge is -2.58. The van der Waals surface area contributed by atoms with Crippen molar-refractivity contribution in [2.45, 2.75) is 57.2 Å². The molecule has 0 radical (unpaired) electrons. The first kappa shape index (κ1) is 20.6. The fourth-order valence-electron chi connectivity index (χ4n) is 7.02. The van der Waals surface area contributed by atoms with Crippen molar-refractivity contribution >= 4 is 23.6 Å². The van der Waals surface area contributed by atoms with Crippen molar-refractivity contribution in [2.24, 2.45) is 11.8 Å². The zero-order valence-corrected chi connectivity index (χ0v) is 19.4. The molecule has 0 N–H and O–H groups in total. The Morgan fingerprint density at radius 2 is 1.88 bits per heavy atom. The molecule has 1 aromatic heterocycles. The molecule has 4 nitrogen and oxygen atoms in total. The van der Waals surface area contributed by atoms with Crippen LogP contribution in [0.25, 0.3) is 6.08 Å². The second kappa shape index (κ2) is 8.39. The van der Waals surface area contributed by atoms with Gasteiger partial charge in [-0.2, -0.15) is 0 Å². The molecule has 0 saturated carbocycles. The first-order valence-corrected chi connectivity index (χ1v) is 12.7. The highest BCUT2D eigenvalue weighted by Gasteiger charge is 2.51. The summed E-state index contributed by atoms with van der Waals surface area (Å²) in [6.07, 6.45) is 11.4. The predicted octanol–water partition coefficient (Wildman–Crippen LogP) is 5.07. The van der Waals surface area contributed by atoms with Crippen LogP contribution in [0.1, 0.15) is 49.8 Å². The molecule has 4 fully saturated rings. The molecule has 4 saturated heterocycles. The minimum absolute atomic E-state index is 0.285. The van der Waals surface area contributed by atoms with Gasteiger partial charge in [0.2, 0.25) is 5.91 Å². The van der Waals surface area contributed by atoms with Crippen molar-refractivity contribution in [3.63, 3.8) is 0 Å². The number of piperidine rings is 4. The van der Waals surface area contributed by atoms with E-state index < -0.39 is 0 Å². The number of halogens is 1. The molecule has 0 spiro atoms. The van der Waals surface area contributed by atoms with Crippen molar-refractivity contribution in [1.29, 1.82) is 0 Å². The van der Waals surface area contributed by atoms with Crippen LogP contribution in [0.15, 0.2) is 48.2 Å². The monoisotopic (exact) mass is 449 g/mol. The van der Waals surface area contributed by atoms with Crippen LogP contribution in [0.5, 0.6) is 0 Å². The molecule has 168 valence electrons. The molecule has 32 heavy (non-hydrogen) atoms. The molecular formula is C27H32ClN3O. The van der Waals surface area contributed by atoms with E-state index in [-0.39, 0.29) is 5.91 Å². The van der Waals surface area contributed by atoms with E-state index in [1.54, 1.807) is 0 Å². The van der Waals surface area contributed by atoms with Crippen LogP contribution >= 0.6 is 11.6 Å². The summed E-state index contributed by atoms with van der Waals surface area (Å²) in [4.78, 5) is 18.7. The Hall–Kier alpha value is -2.04. The normalized spacial score (nSPS) is 31.5. The van der Waals surface area contributed by atoms with Gasteiger partial charge in [-0.1, -0.05) is 29.8 Å². The summed E-state index contributed by atoms with van der Waals surface area (Å²) in [5, 5.41) is 0.785. The Morgan fingerprint density at radius 1 is 1.03 bits per heavy atom. The van der Waals surface area contributed by atoms with Crippen LogP contribution in [-0.4, -0.2) is 52.0 Å². The van der Waals surface area contributed by atoms with E-state index in [1.165, 1.54) is 38.8 Å². The van der Waals surface area contributed by atoms with Crippen molar-refractivity contribution in [1.82, 2.24) is 14.4 Å². The Balaban J connectivity index is 1.25. The van der Waals surface area contributed by atoms with E-state index >= 15 is 0 Å². The SMILES string of the molecule is O=C1/C(=C/c2cccn2Cc2ccccc2Cl)CC[C@@H]2[C@H]3CCCN4CCC[C@H](CN12)[C@@H]34. The van der Waals surface area contributed by atoms with Gasteiger partial charge in [-0.25, -0.2) is 0 Å². The minimum Gasteiger partial charge on any atom is -0.343 e. The van der Waals surface area contributed by atoms with E-state index in [0.29, 0.717) is 24.4 Å². The van der Waals surface area contributed by atoms with Gasteiger partial charge in [-0.15, -0.1) is 0 Å². The van der Waals surface area contributed by atoms with Gasteiger partial charge < -0.3 is 9.47 Å². The maximum absolute atomic E-state index is 13.7. The maximum Gasteiger partial charge on any atom is 0.250 e. The largest absolute Gasteiger partial charge is 0.343 e. The van der Waals surface area contributed by atoms with Gasteiger partial charge in [-0.3, -0.25) is 9.69 Å². The van der Waals surface area contributed by atoms with E-state index in [1.807, 2.05) is 18.2 Å². The molecule has 1 amide bonds. The number of nitrogens with zero attached hydrogens (tertiary/aromatic N) is 3. The number of rotatable bonds is 3. The third-order valence-electron chi connectivity index (χ3n) is 8.40. The van der Waals surface area contributed by atoms with Crippen molar-refractivity contribution in [3.8, 4) is 0 Å². The first-order valence-electron chi connectivity index (χ1n) is 12.3. The number of aromatic nitrogens is 1. The highest BCUT2D eigenvalue weighted by Crippen LogP contribution is 2.45. The molecule has 1 aromatic carbocycles.